The zero-order chi connectivity index (χ0) is 14.3. The number of hydrogen-bond acceptors (Lipinski definition) is 2. The summed E-state index contributed by atoms with van der Waals surface area (Å²) in [5.74, 6) is 0. The van der Waals surface area contributed by atoms with Crippen LogP contribution in [0, 0.1) is 27.7 Å². The third kappa shape index (κ3) is 2.03. The Hall–Kier alpha value is -2.10. The zero-order valence-corrected chi connectivity index (χ0v) is 11.9. The van der Waals surface area contributed by atoms with Crippen LogP contribution < -0.4 is 11.2 Å². The molecule has 0 spiro atoms. The standard InChI is InChI=1S/C15H18N2O2/c1-9-6-7-13(10(2)8-9)17-12(4)11(3)14(18)16(5)15(17)19/h6-8H,1-5H3. The van der Waals surface area contributed by atoms with Crippen molar-refractivity contribution in [2.45, 2.75) is 27.7 Å². The predicted octanol–water partition coefficient (Wildman–Crippen LogP) is 1.77. The minimum Gasteiger partial charge on any atom is -0.269 e. The summed E-state index contributed by atoms with van der Waals surface area (Å²) in [7, 11) is 1.51. The van der Waals surface area contributed by atoms with Gasteiger partial charge in [0.2, 0.25) is 0 Å². The van der Waals surface area contributed by atoms with Crippen molar-refractivity contribution < 1.29 is 0 Å². The number of nitrogens with zero attached hydrogens (tertiary/aromatic N) is 2. The molecule has 2 aromatic rings. The lowest BCUT2D eigenvalue weighted by atomic mass is 10.1. The number of benzene rings is 1. The van der Waals surface area contributed by atoms with Gasteiger partial charge in [0, 0.05) is 18.3 Å². The molecule has 4 heteroatoms. The second kappa shape index (κ2) is 4.53. The number of rotatable bonds is 1. The van der Waals surface area contributed by atoms with E-state index in [4.69, 9.17) is 0 Å². The third-order valence-electron chi connectivity index (χ3n) is 3.57. The number of aromatic nitrogens is 2. The molecule has 0 bridgehead atoms. The zero-order valence-electron chi connectivity index (χ0n) is 11.9. The van der Waals surface area contributed by atoms with Gasteiger partial charge in [-0.2, -0.15) is 0 Å². The van der Waals surface area contributed by atoms with Gasteiger partial charge in [0.05, 0.1) is 5.69 Å². The monoisotopic (exact) mass is 258 g/mol. The molecule has 0 atom stereocenters. The van der Waals surface area contributed by atoms with Gasteiger partial charge in [-0.1, -0.05) is 17.7 Å². The average molecular weight is 258 g/mol. The molecule has 4 nitrogen and oxygen atoms in total. The number of aryl methyl sites for hydroxylation is 2. The predicted molar refractivity (Wildman–Crippen MR) is 76.2 cm³/mol. The van der Waals surface area contributed by atoms with E-state index in [1.807, 2.05) is 32.0 Å². The fourth-order valence-electron chi connectivity index (χ4n) is 2.29. The van der Waals surface area contributed by atoms with Crippen molar-refractivity contribution in [2.24, 2.45) is 7.05 Å². The van der Waals surface area contributed by atoms with Gasteiger partial charge in [-0.15, -0.1) is 0 Å². The molecule has 19 heavy (non-hydrogen) atoms. The lowest BCUT2D eigenvalue weighted by Crippen LogP contribution is -2.40. The molecule has 1 aromatic carbocycles. The molecule has 0 saturated heterocycles. The van der Waals surface area contributed by atoms with E-state index < -0.39 is 0 Å². The maximum absolute atomic E-state index is 12.3. The van der Waals surface area contributed by atoms with Crippen LogP contribution in [0.4, 0.5) is 0 Å². The average Bonchev–Trinajstić information content (AvgIpc) is 2.37. The first-order chi connectivity index (χ1) is 8.84. The van der Waals surface area contributed by atoms with Crippen LogP contribution in [0.15, 0.2) is 27.8 Å². The Kier molecular flexibility index (Phi) is 3.18. The fourth-order valence-corrected chi connectivity index (χ4v) is 2.29. The summed E-state index contributed by atoms with van der Waals surface area (Å²) >= 11 is 0. The van der Waals surface area contributed by atoms with Crippen molar-refractivity contribution in [3.63, 3.8) is 0 Å². The molecule has 100 valence electrons. The minimum atomic E-state index is -0.306. The maximum atomic E-state index is 12.3. The Morgan fingerprint density at radius 1 is 1.00 bits per heavy atom. The van der Waals surface area contributed by atoms with Gasteiger partial charge >= 0.3 is 5.69 Å². The summed E-state index contributed by atoms with van der Waals surface area (Å²) in [5, 5.41) is 0. The summed E-state index contributed by atoms with van der Waals surface area (Å²) in [6.07, 6.45) is 0. The Bertz CT molecular complexity index is 767. The molecule has 0 radical (unpaired) electrons. The summed E-state index contributed by atoms with van der Waals surface area (Å²) in [4.78, 5) is 24.2. The van der Waals surface area contributed by atoms with E-state index in [1.54, 1.807) is 18.4 Å². The second-order valence-electron chi connectivity index (χ2n) is 4.98. The summed E-state index contributed by atoms with van der Waals surface area (Å²) < 4.78 is 2.76. The van der Waals surface area contributed by atoms with E-state index in [9.17, 15) is 9.59 Å². The topological polar surface area (TPSA) is 44.0 Å². The SMILES string of the molecule is Cc1ccc(-n2c(C)c(C)c(=O)n(C)c2=O)c(C)c1. The first-order valence-corrected chi connectivity index (χ1v) is 6.21. The molecular weight excluding hydrogens is 240 g/mol. The molecule has 0 amide bonds. The molecule has 0 aliphatic rings. The largest absolute Gasteiger partial charge is 0.335 e. The first-order valence-electron chi connectivity index (χ1n) is 6.21. The Balaban J connectivity index is 2.91. The van der Waals surface area contributed by atoms with Gasteiger partial charge in [-0.3, -0.25) is 13.9 Å². The normalized spacial score (nSPS) is 10.8. The quantitative estimate of drug-likeness (QED) is 0.782. The van der Waals surface area contributed by atoms with Gasteiger partial charge in [-0.25, -0.2) is 4.79 Å². The Morgan fingerprint density at radius 2 is 1.63 bits per heavy atom. The van der Waals surface area contributed by atoms with Crippen LogP contribution in [0.25, 0.3) is 5.69 Å². The van der Waals surface area contributed by atoms with Crippen LogP contribution in [0.2, 0.25) is 0 Å². The summed E-state index contributed by atoms with van der Waals surface area (Å²) in [5.41, 5.74) is 3.74. The smallest absolute Gasteiger partial charge is 0.269 e. The van der Waals surface area contributed by atoms with Crippen LogP contribution in [-0.2, 0) is 7.05 Å². The summed E-state index contributed by atoms with van der Waals surface area (Å²) in [6, 6.07) is 5.92. The molecule has 1 aromatic heterocycles. The van der Waals surface area contributed by atoms with Crippen molar-refractivity contribution in [3.05, 3.63) is 61.4 Å². The molecule has 0 saturated carbocycles. The van der Waals surface area contributed by atoms with E-state index in [0.29, 0.717) is 11.3 Å². The third-order valence-corrected chi connectivity index (χ3v) is 3.57. The van der Waals surface area contributed by atoms with E-state index in [0.717, 1.165) is 21.4 Å². The van der Waals surface area contributed by atoms with E-state index in [1.165, 1.54) is 7.05 Å². The maximum Gasteiger partial charge on any atom is 0.335 e. The molecule has 0 unspecified atom stereocenters. The highest BCUT2D eigenvalue weighted by Crippen LogP contribution is 2.16. The van der Waals surface area contributed by atoms with Gasteiger partial charge < -0.3 is 0 Å². The molecule has 0 N–H and O–H groups in total. The molecule has 2 rings (SSSR count). The van der Waals surface area contributed by atoms with Crippen molar-refractivity contribution in [3.8, 4) is 5.69 Å². The first kappa shape index (κ1) is 13.3. The van der Waals surface area contributed by atoms with E-state index in [-0.39, 0.29) is 11.2 Å². The lowest BCUT2D eigenvalue weighted by molar-refractivity contribution is 0.700. The highest BCUT2D eigenvalue weighted by molar-refractivity contribution is 5.44. The Morgan fingerprint density at radius 3 is 2.21 bits per heavy atom. The number of hydrogen-bond donors (Lipinski definition) is 0. The molecule has 1 heterocycles. The molecule has 0 fully saturated rings. The highest BCUT2D eigenvalue weighted by Gasteiger charge is 2.13. The van der Waals surface area contributed by atoms with E-state index >= 15 is 0 Å². The highest BCUT2D eigenvalue weighted by atomic mass is 16.2. The van der Waals surface area contributed by atoms with Crippen LogP contribution >= 0.6 is 0 Å². The second-order valence-corrected chi connectivity index (χ2v) is 4.98. The van der Waals surface area contributed by atoms with Crippen LogP contribution in [-0.4, -0.2) is 9.13 Å². The van der Waals surface area contributed by atoms with Gasteiger partial charge in [-0.05, 0) is 39.3 Å². The fraction of sp³-hybridized carbons (Fsp3) is 0.333. The van der Waals surface area contributed by atoms with Gasteiger partial charge in [0.25, 0.3) is 5.56 Å². The van der Waals surface area contributed by atoms with Crippen LogP contribution in [0.5, 0.6) is 0 Å². The van der Waals surface area contributed by atoms with Crippen LogP contribution in [0.3, 0.4) is 0 Å². The van der Waals surface area contributed by atoms with Crippen molar-refractivity contribution >= 4 is 0 Å². The summed E-state index contributed by atoms with van der Waals surface area (Å²) in [6.45, 7) is 7.53. The van der Waals surface area contributed by atoms with Crippen molar-refractivity contribution in [2.75, 3.05) is 0 Å². The van der Waals surface area contributed by atoms with Crippen molar-refractivity contribution in [1.29, 1.82) is 0 Å². The van der Waals surface area contributed by atoms with E-state index in [2.05, 4.69) is 0 Å². The molecule has 0 aliphatic carbocycles. The molecular formula is C15H18N2O2. The lowest BCUT2D eigenvalue weighted by Gasteiger charge is -2.16. The van der Waals surface area contributed by atoms with Crippen LogP contribution in [0.1, 0.15) is 22.4 Å². The van der Waals surface area contributed by atoms with Gasteiger partial charge in [0.15, 0.2) is 0 Å². The Labute approximate surface area is 111 Å². The van der Waals surface area contributed by atoms with Gasteiger partial charge in [0.1, 0.15) is 0 Å². The molecule has 0 aliphatic heterocycles. The van der Waals surface area contributed by atoms with Crippen molar-refractivity contribution in [1.82, 2.24) is 9.13 Å². The minimum absolute atomic E-state index is 0.233.